The number of hydrogen-bond acceptors (Lipinski definition) is 2. The third-order valence-electron chi connectivity index (χ3n) is 10.00. The van der Waals surface area contributed by atoms with Crippen LogP contribution in [0.4, 0.5) is 39.5 Å². The molecule has 8 rings (SSSR count). The van der Waals surface area contributed by atoms with Crippen molar-refractivity contribution in [3.8, 4) is 56.3 Å². The first kappa shape index (κ1) is 38.0. The van der Waals surface area contributed by atoms with Crippen LogP contribution in [0.25, 0.3) is 72.0 Å². The van der Waals surface area contributed by atoms with Crippen LogP contribution in [0.1, 0.15) is 27.8 Å². The van der Waals surface area contributed by atoms with Gasteiger partial charge in [-0.3, -0.25) is 4.98 Å². The van der Waals surface area contributed by atoms with Gasteiger partial charge in [-0.1, -0.05) is 72.8 Å². The summed E-state index contributed by atoms with van der Waals surface area (Å²) in [5, 5.41) is 11.4. The summed E-state index contributed by atoms with van der Waals surface area (Å²) < 4.78 is 130. The third-order valence-corrected chi connectivity index (χ3v) is 10.00. The van der Waals surface area contributed by atoms with E-state index >= 15 is 0 Å². The molecule has 0 fully saturated rings. The van der Waals surface area contributed by atoms with Crippen LogP contribution in [0.5, 0.6) is 0 Å². The van der Waals surface area contributed by atoms with E-state index in [9.17, 15) is 44.8 Å². The van der Waals surface area contributed by atoms with E-state index in [1.165, 1.54) is 19.1 Å². The molecule has 288 valence electrons. The summed E-state index contributed by atoms with van der Waals surface area (Å²) in [6, 6.07) is 32.3. The largest absolute Gasteiger partial charge is 0.416 e. The Morgan fingerprint density at radius 1 is 0.483 bits per heavy atom. The fourth-order valence-electron chi connectivity index (χ4n) is 7.52. The van der Waals surface area contributed by atoms with Gasteiger partial charge in [0, 0.05) is 45.4 Å². The van der Waals surface area contributed by atoms with Crippen molar-refractivity contribution in [1.82, 2.24) is 9.55 Å². The Morgan fingerprint density at radius 3 is 1.50 bits per heavy atom. The Labute approximate surface area is 324 Å². The number of halogens is 9. The van der Waals surface area contributed by atoms with Gasteiger partial charge in [-0.15, -0.1) is 0 Å². The number of rotatable bonds is 5. The SMILES string of the molecule is Cc1cc(-c2cccc3c4cccc(-c5cc(C(F)(F)F)cc(C(F)(F)F)c5)c4n(-c4cc(C#N)c(-c5ccncc5)cc4-c4ccccc4)c23)cc(C(F)(F)F)c1. The predicted molar refractivity (Wildman–Crippen MR) is 205 cm³/mol. The molecule has 2 aromatic heterocycles. The predicted octanol–water partition coefficient (Wildman–Crippen LogP) is 14.1. The first-order valence-corrected chi connectivity index (χ1v) is 17.6. The van der Waals surface area contributed by atoms with Crippen LogP contribution in [0.2, 0.25) is 0 Å². The number of aryl methyl sites for hydroxylation is 1. The molecule has 0 radical (unpaired) electrons. The highest BCUT2D eigenvalue weighted by Gasteiger charge is 2.38. The number of fused-ring (bicyclic) bond motifs is 3. The molecule has 58 heavy (non-hydrogen) atoms. The zero-order valence-electron chi connectivity index (χ0n) is 30.0. The highest BCUT2D eigenvalue weighted by atomic mass is 19.4. The Balaban J connectivity index is 1.59. The Bertz CT molecular complexity index is 2890. The number of aromatic nitrogens is 2. The molecule has 0 spiro atoms. The maximum Gasteiger partial charge on any atom is 0.416 e. The molecule has 0 N–H and O–H groups in total. The van der Waals surface area contributed by atoms with Crippen LogP contribution >= 0.6 is 0 Å². The van der Waals surface area contributed by atoms with Crippen molar-refractivity contribution in [1.29, 1.82) is 5.26 Å². The fraction of sp³-hybridized carbons (Fsp3) is 0.0870. The van der Waals surface area contributed by atoms with Crippen LogP contribution in [-0.4, -0.2) is 9.55 Å². The lowest BCUT2D eigenvalue weighted by molar-refractivity contribution is -0.143. The van der Waals surface area contributed by atoms with E-state index in [-0.39, 0.29) is 28.3 Å². The van der Waals surface area contributed by atoms with E-state index in [0.717, 1.165) is 12.1 Å². The van der Waals surface area contributed by atoms with Crippen LogP contribution in [-0.2, 0) is 18.5 Å². The summed E-state index contributed by atoms with van der Waals surface area (Å²) in [4.78, 5) is 4.08. The maximum absolute atomic E-state index is 14.3. The number of nitriles is 1. The number of benzene rings is 6. The van der Waals surface area contributed by atoms with E-state index in [4.69, 9.17) is 0 Å². The van der Waals surface area contributed by atoms with Crippen LogP contribution in [0.3, 0.4) is 0 Å². The van der Waals surface area contributed by atoms with E-state index in [2.05, 4.69) is 11.1 Å². The lowest BCUT2D eigenvalue weighted by Gasteiger charge is -2.20. The van der Waals surface area contributed by atoms with Gasteiger partial charge in [0.25, 0.3) is 0 Å². The standard InChI is InChI=1S/C46H26F9N3/c1-26-17-29(19-32(18-26)44(47,48)49)35-9-5-11-37-38-12-6-10-36(30-20-33(45(50,51)52)23-34(21-30)46(53,54)55)43(38)58(42(35)37)41-22-31(25-56)39(28-13-15-57-16-14-28)24-40(41)27-7-3-2-4-8-27/h2-24H,1H3. The number of alkyl halides is 9. The highest BCUT2D eigenvalue weighted by Crippen LogP contribution is 2.47. The lowest BCUT2D eigenvalue weighted by Crippen LogP contribution is -2.11. The normalized spacial score (nSPS) is 12.3. The Morgan fingerprint density at radius 2 is 0.983 bits per heavy atom. The number of hydrogen-bond donors (Lipinski definition) is 0. The van der Waals surface area contributed by atoms with Gasteiger partial charge < -0.3 is 4.57 Å². The number of pyridine rings is 1. The molecule has 0 atom stereocenters. The van der Waals surface area contributed by atoms with Crippen molar-refractivity contribution in [2.75, 3.05) is 0 Å². The monoisotopic (exact) mass is 791 g/mol. The summed E-state index contributed by atoms with van der Waals surface area (Å²) in [7, 11) is 0. The summed E-state index contributed by atoms with van der Waals surface area (Å²) in [5.41, 5.74) is -0.377. The van der Waals surface area contributed by atoms with Crippen molar-refractivity contribution in [3.05, 3.63) is 168 Å². The lowest BCUT2D eigenvalue weighted by atomic mass is 9.93. The average Bonchev–Trinajstić information content (AvgIpc) is 3.54. The molecule has 0 aliphatic heterocycles. The van der Waals surface area contributed by atoms with Crippen molar-refractivity contribution >= 4 is 21.8 Å². The average molecular weight is 792 g/mol. The second-order valence-corrected chi connectivity index (χ2v) is 13.7. The molecule has 0 unspecified atom stereocenters. The summed E-state index contributed by atoms with van der Waals surface area (Å²) >= 11 is 0. The Hall–Kier alpha value is -6.87. The first-order valence-electron chi connectivity index (χ1n) is 17.6. The van der Waals surface area contributed by atoms with Crippen LogP contribution < -0.4 is 0 Å². The van der Waals surface area contributed by atoms with Crippen molar-refractivity contribution < 1.29 is 39.5 Å². The topological polar surface area (TPSA) is 41.6 Å². The van der Waals surface area contributed by atoms with Crippen molar-refractivity contribution in [2.45, 2.75) is 25.5 Å². The molecule has 0 bridgehead atoms. The van der Waals surface area contributed by atoms with E-state index in [1.54, 1.807) is 102 Å². The van der Waals surface area contributed by atoms with Gasteiger partial charge in [0.15, 0.2) is 0 Å². The summed E-state index contributed by atoms with van der Waals surface area (Å²) in [6.07, 6.45) is -11.9. The van der Waals surface area contributed by atoms with Crippen molar-refractivity contribution in [2.24, 2.45) is 0 Å². The van der Waals surface area contributed by atoms with E-state index in [0.29, 0.717) is 67.5 Å². The molecular weight excluding hydrogens is 766 g/mol. The van der Waals surface area contributed by atoms with E-state index < -0.39 is 40.8 Å². The minimum Gasteiger partial charge on any atom is -0.307 e. The van der Waals surface area contributed by atoms with Gasteiger partial charge in [-0.05, 0) is 89.3 Å². The second kappa shape index (κ2) is 14.0. The zero-order chi connectivity index (χ0) is 41.1. The van der Waals surface area contributed by atoms with Gasteiger partial charge in [-0.2, -0.15) is 44.8 Å². The molecule has 0 amide bonds. The quantitative estimate of drug-likeness (QED) is 0.163. The molecule has 3 nitrogen and oxygen atoms in total. The van der Waals surface area contributed by atoms with Gasteiger partial charge in [0.05, 0.1) is 45.0 Å². The van der Waals surface area contributed by atoms with Crippen LogP contribution in [0, 0.1) is 18.3 Å². The van der Waals surface area contributed by atoms with Gasteiger partial charge in [0.1, 0.15) is 0 Å². The highest BCUT2D eigenvalue weighted by molar-refractivity contribution is 6.17. The van der Waals surface area contributed by atoms with Gasteiger partial charge in [-0.25, -0.2) is 0 Å². The molecule has 0 saturated heterocycles. The second-order valence-electron chi connectivity index (χ2n) is 13.7. The zero-order valence-corrected chi connectivity index (χ0v) is 30.0. The van der Waals surface area contributed by atoms with E-state index in [1.807, 2.05) is 0 Å². The molecule has 6 aromatic carbocycles. The summed E-state index contributed by atoms with van der Waals surface area (Å²) in [5.74, 6) is 0. The van der Waals surface area contributed by atoms with Gasteiger partial charge >= 0.3 is 18.5 Å². The minimum atomic E-state index is -5.14. The molecule has 0 aliphatic rings. The fourth-order valence-corrected chi connectivity index (χ4v) is 7.52. The molecule has 2 heterocycles. The molecule has 0 aliphatic carbocycles. The third kappa shape index (κ3) is 6.83. The van der Waals surface area contributed by atoms with Gasteiger partial charge in [0.2, 0.25) is 0 Å². The molecular formula is C46H26F9N3. The number of nitrogens with zero attached hydrogens (tertiary/aromatic N) is 3. The van der Waals surface area contributed by atoms with Crippen LogP contribution in [0.15, 0.2) is 140 Å². The molecule has 8 aromatic rings. The maximum atomic E-state index is 14.3. The molecule has 12 heteroatoms. The number of para-hydroxylation sites is 2. The smallest absolute Gasteiger partial charge is 0.307 e. The first-order chi connectivity index (χ1) is 27.5. The molecule has 0 saturated carbocycles. The minimum absolute atomic E-state index is 0.0211. The summed E-state index contributed by atoms with van der Waals surface area (Å²) in [6.45, 7) is 1.52. The Kier molecular flexibility index (Phi) is 9.15. The van der Waals surface area contributed by atoms with Crippen molar-refractivity contribution in [3.63, 3.8) is 0 Å².